The molecule has 0 heterocycles. The molecule has 0 spiro atoms. The van der Waals surface area contributed by atoms with Crippen LogP contribution in [0.1, 0.15) is 32.1 Å². The van der Waals surface area contributed by atoms with Gasteiger partial charge in [0.2, 0.25) is 8.32 Å². The summed E-state index contributed by atoms with van der Waals surface area (Å²) in [5, 5.41) is 0. The van der Waals surface area contributed by atoms with Gasteiger partial charge in [-0.15, -0.1) is 0 Å². The summed E-state index contributed by atoms with van der Waals surface area (Å²) >= 11 is 0. The average molecular weight is 264 g/mol. The monoisotopic (exact) mass is 264 g/mol. The van der Waals surface area contributed by atoms with Crippen molar-refractivity contribution in [1.82, 2.24) is 0 Å². The van der Waals surface area contributed by atoms with Gasteiger partial charge in [0.1, 0.15) is 11.5 Å². The third-order valence-electron chi connectivity index (χ3n) is 4.03. The molecule has 0 amide bonds. The number of hydrogen-bond acceptors (Lipinski definition) is 2. The van der Waals surface area contributed by atoms with E-state index >= 15 is 0 Å². The molecule has 3 heteroatoms. The molecule has 0 radical (unpaired) electrons. The molecule has 18 heavy (non-hydrogen) atoms. The summed E-state index contributed by atoms with van der Waals surface area (Å²) in [4.78, 5) is 0. The topological polar surface area (TPSA) is 18.5 Å². The van der Waals surface area contributed by atoms with Crippen LogP contribution >= 0.6 is 0 Å². The van der Waals surface area contributed by atoms with E-state index in [1.54, 1.807) is 7.11 Å². The van der Waals surface area contributed by atoms with Gasteiger partial charge in [0.15, 0.2) is 0 Å². The van der Waals surface area contributed by atoms with Crippen LogP contribution in [0.2, 0.25) is 18.6 Å². The van der Waals surface area contributed by atoms with Crippen LogP contribution in [-0.4, -0.2) is 15.4 Å². The van der Waals surface area contributed by atoms with Gasteiger partial charge in [0.05, 0.1) is 7.11 Å². The minimum Gasteiger partial charge on any atom is -0.544 e. The van der Waals surface area contributed by atoms with Gasteiger partial charge in [-0.3, -0.25) is 0 Å². The molecule has 0 aliphatic heterocycles. The van der Waals surface area contributed by atoms with Crippen molar-refractivity contribution >= 4 is 8.32 Å². The van der Waals surface area contributed by atoms with E-state index in [0.29, 0.717) is 0 Å². The summed E-state index contributed by atoms with van der Waals surface area (Å²) < 4.78 is 11.5. The summed E-state index contributed by atoms with van der Waals surface area (Å²) in [6, 6.07) is 7.99. The second-order valence-corrected chi connectivity index (χ2v) is 9.94. The van der Waals surface area contributed by atoms with E-state index in [1.165, 1.54) is 32.1 Å². The van der Waals surface area contributed by atoms with Crippen LogP contribution in [0.25, 0.3) is 0 Å². The maximum atomic E-state index is 6.32. The fourth-order valence-electron chi connectivity index (χ4n) is 2.83. The first-order chi connectivity index (χ1) is 8.62. The molecule has 0 N–H and O–H groups in total. The van der Waals surface area contributed by atoms with E-state index in [-0.39, 0.29) is 0 Å². The Morgan fingerprint density at radius 2 is 1.50 bits per heavy atom. The number of ether oxygens (including phenoxy) is 1. The molecule has 1 aromatic rings. The van der Waals surface area contributed by atoms with Crippen molar-refractivity contribution < 1.29 is 9.16 Å². The Morgan fingerprint density at radius 1 is 0.944 bits per heavy atom. The highest BCUT2D eigenvalue weighted by atomic mass is 28.4. The zero-order valence-electron chi connectivity index (χ0n) is 11.7. The van der Waals surface area contributed by atoms with E-state index in [2.05, 4.69) is 13.1 Å². The Balaban J connectivity index is 2.01. The van der Waals surface area contributed by atoms with E-state index in [4.69, 9.17) is 9.16 Å². The lowest BCUT2D eigenvalue weighted by Crippen LogP contribution is -2.40. The maximum Gasteiger partial charge on any atom is 0.248 e. The van der Waals surface area contributed by atoms with Crippen LogP contribution in [0.5, 0.6) is 11.5 Å². The normalized spacial score (nSPS) is 17.5. The third-order valence-corrected chi connectivity index (χ3v) is 7.33. The summed E-state index contributed by atoms with van der Waals surface area (Å²) in [6.07, 6.45) is 6.88. The summed E-state index contributed by atoms with van der Waals surface area (Å²) in [5.41, 5.74) is 0.813. The highest BCUT2D eigenvalue weighted by Crippen LogP contribution is 2.38. The van der Waals surface area contributed by atoms with E-state index < -0.39 is 8.32 Å². The van der Waals surface area contributed by atoms with Crippen LogP contribution in [0.4, 0.5) is 0 Å². The molecule has 1 aliphatic rings. The second kappa shape index (κ2) is 5.78. The molecule has 1 aliphatic carbocycles. The molecule has 0 unspecified atom stereocenters. The van der Waals surface area contributed by atoms with Gasteiger partial charge in [-0.1, -0.05) is 19.3 Å². The fraction of sp³-hybridized carbons (Fsp3) is 0.600. The second-order valence-electron chi connectivity index (χ2n) is 5.72. The zero-order valence-corrected chi connectivity index (χ0v) is 12.7. The van der Waals surface area contributed by atoms with E-state index in [1.807, 2.05) is 24.3 Å². The van der Waals surface area contributed by atoms with Crippen LogP contribution in [0, 0.1) is 0 Å². The van der Waals surface area contributed by atoms with Crippen LogP contribution in [0.3, 0.4) is 0 Å². The highest BCUT2D eigenvalue weighted by molar-refractivity contribution is 6.73. The van der Waals surface area contributed by atoms with Crippen LogP contribution in [-0.2, 0) is 0 Å². The van der Waals surface area contributed by atoms with Crippen molar-refractivity contribution in [1.29, 1.82) is 0 Å². The van der Waals surface area contributed by atoms with E-state index in [0.717, 1.165) is 17.0 Å². The first kappa shape index (κ1) is 13.5. The Kier molecular flexibility index (Phi) is 4.33. The lowest BCUT2D eigenvalue weighted by atomic mass is 10.0. The Bertz CT molecular complexity index is 367. The van der Waals surface area contributed by atoms with Crippen molar-refractivity contribution in [2.24, 2.45) is 0 Å². The predicted molar refractivity (Wildman–Crippen MR) is 77.9 cm³/mol. The molecule has 2 rings (SSSR count). The molecule has 0 aromatic heterocycles. The van der Waals surface area contributed by atoms with Gasteiger partial charge in [0.25, 0.3) is 0 Å². The molecular weight excluding hydrogens is 240 g/mol. The smallest absolute Gasteiger partial charge is 0.248 e. The Morgan fingerprint density at radius 3 is 2.06 bits per heavy atom. The zero-order chi connectivity index (χ0) is 13.0. The van der Waals surface area contributed by atoms with Gasteiger partial charge < -0.3 is 9.16 Å². The standard InChI is InChI=1S/C15H24O2Si/c1-16-13-9-11-14(12-10-13)17-18(2,3)15-7-5-4-6-8-15/h9-12,15H,4-8H2,1-3H3. The lowest BCUT2D eigenvalue weighted by molar-refractivity contribution is 0.412. The van der Waals surface area contributed by atoms with Crippen LogP contribution < -0.4 is 9.16 Å². The van der Waals surface area contributed by atoms with Gasteiger partial charge >= 0.3 is 0 Å². The highest BCUT2D eigenvalue weighted by Gasteiger charge is 2.36. The molecule has 1 aromatic carbocycles. The molecular formula is C15H24O2Si. The van der Waals surface area contributed by atoms with Crippen molar-refractivity contribution in [3.63, 3.8) is 0 Å². The number of benzene rings is 1. The molecule has 0 saturated heterocycles. The first-order valence-electron chi connectivity index (χ1n) is 6.95. The number of hydrogen-bond donors (Lipinski definition) is 0. The van der Waals surface area contributed by atoms with Crippen molar-refractivity contribution in [3.05, 3.63) is 24.3 Å². The van der Waals surface area contributed by atoms with Crippen molar-refractivity contribution in [2.75, 3.05) is 7.11 Å². The SMILES string of the molecule is COc1ccc(O[Si](C)(C)C2CCCCC2)cc1. The van der Waals surface area contributed by atoms with Gasteiger partial charge in [0, 0.05) is 0 Å². The van der Waals surface area contributed by atoms with Crippen molar-refractivity contribution in [3.8, 4) is 11.5 Å². The lowest BCUT2D eigenvalue weighted by Gasteiger charge is -2.35. The van der Waals surface area contributed by atoms with Crippen molar-refractivity contribution in [2.45, 2.75) is 50.7 Å². The average Bonchev–Trinajstić information content (AvgIpc) is 2.40. The Labute approximate surface area is 111 Å². The van der Waals surface area contributed by atoms with Gasteiger partial charge in [-0.25, -0.2) is 0 Å². The fourth-order valence-corrected chi connectivity index (χ4v) is 5.54. The van der Waals surface area contributed by atoms with Crippen LogP contribution in [0.15, 0.2) is 24.3 Å². The molecule has 1 saturated carbocycles. The quantitative estimate of drug-likeness (QED) is 0.739. The Hall–Kier alpha value is -0.963. The summed E-state index contributed by atoms with van der Waals surface area (Å²) in [7, 11) is 0.0794. The minimum absolute atomic E-state index is 0.813. The largest absolute Gasteiger partial charge is 0.544 e. The third kappa shape index (κ3) is 3.28. The molecule has 100 valence electrons. The first-order valence-corrected chi connectivity index (χ1v) is 9.93. The molecule has 0 atom stereocenters. The molecule has 1 fully saturated rings. The molecule has 0 bridgehead atoms. The predicted octanol–water partition coefficient (Wildman–Crippen LogP) is 4.61. The number of rotatable bonds is 4. The number of methoxy groups -OCH3 is 1. The maximum absolute atomic E-state index is 6.32. The summed E-state index contributed by atoms with van der Waals surface area (Å²) in [5.74, 6) is 1.89. The van der Waals surface area contributed by atoms with Gasteiger partial charge in [-0.2, -0.15) is 0 Å². The summed E-state index contributed by atoms with van der Waals surface area (Å²) in [6.45, 7) is 4.71. The van der Waals surface area contributed by atoms with E-state index in [9.17, 15) is 0 Å². The molecule has 2 nitrogen and oxygen atoms in total. The van der Waals surface area contributed by atoms with Gasteiger partial charge in [-0.05, 0) is 55.7 Å². The minimum atomic E-state index is -1.61.